The van der Waals surface area contributed by atoms with Gasteiger partial charge in [0.15, 0.2) is 0 Å². The summed E-state index contributed by atoms with van der Waals surface area (Å²) in [5.41, 5.74) is 5.43. The van der Waals surface area contributed by atoms with Crippen molar-refractivity contribution in [3.63, 3.8) is 0 Å². The van der Waals surface area contributed by atoms with Gasteiger partial charge in [-0.2, -0.15) is 11.8 Å². The van der Waals surface area contributed by atoms with Crippen LogP contribution in [0.4, 0.5) is 0 Å². The minimum Gasteiger partial charge on any atom is -0.408 e. The van der Waals surface area contributed by atoms with Crippen LogP contribution in [0, 0.1) is 0 Å². The van der Waals surface area contributed by atoms with E-state index < -0.39 is 0 Å². The topological polar surface area (TPSA) is 61.9 Å². The first kappa shape index (κ1) is 8.52. The van der Waals surface area contributed by atoms with Crippen molar-refractivity contribution in [2.45, 2.75) is 6.42 Å². The van der Waals surface area contributed by atoms with Gasteiger partial charge in [-0.1, -0.05) is 5.16 Å². The Morgan fingerprint density at radius 1 is 1.45 bits per heavy atom. The predicted molar refractivity (Wildman–Crippen MR) is 46.9 cm³/mol. The van der Waals surface area contributed by atoms with Crippen molar-refractivity contribution < 1.29 is 5.21 Å². The second-order valence-electron chi connectivity index (χ2n) is 2.41. The van der Waals surface area contributed by atoms with Crippen LogP contribution < -0.4 is 5.73 Å². The van der Waals surface area contributed by atoms with E-state index in [2.05, 4.69) is 5.16 Å². The fourth-order valence-electron chi connectivity index (χ4n) is 1.04. The second-order valence-corrected chi connectivity index (χ2v) is 3.64. The molecule has 0 aliphatic carbocycles. The molecule has 64 valence electrons. The minimum absolute atomic E-state index is 0.243. The average Bonchev–Trinajstić information content (AvgIpc) is 2.30. The van der Waals surface area contributed by atoms with E-state index in [1.807, 2.05) is 16.7 Å². The molecule has 1 rings (SSSR count). The standard InChI is InChI=1S/C6H13N3OS/c7-6(8-10)9-2-1-4-11-5-3-9/h10H,1-5H2,(H2,7,8). The molecule has 1 aliphatic heterocycles. The van der Waals surface area contributed by atoms with Crippen LogP contribution in [-0.4, -0.2) is 40.7 Å². The predicted octanol–water partition coefficient (Wildman–Crippen LogP) is 0.129. The lowest BCUT2D eigenvalue weighted by molar-refractivity contribution is 0.300. The Bertz CT molecular complexity index is 143. The van der Waals surface area contributed by atoms with E-state index >= 15 is 0 Å². The van der Waals surface area contributed by atoms with Crippen molar-refractivity contribution in [2.75, 3.05) is 24.6 Å². The maximum Gasteiger partial charge on any atom is 0.233 e. The molecule has 0 aromatic rings. The van der Waals surface area contributed by atoms with Gasteiger partial charge in [0.1, 0.15) is 0 Å². The van der Waals surface area contributed by atoms with Crippen molar-refractivity contribution in [1.29, 1.82) is 0 Å². The van der Waals surface area contributed by atoms with Crippen molar-refractivity contribution in [3.05, 3.63) is 0 Å². The summed E-state index contributed by atoms with van der Waals surface area (Å²) in [5.74, 6) is 2.48. The highest BCUT2D eigenvalue weighted by atomic mass is 32.2. The third-order valence-electron chi connectivity index (χ3n) is 1.65. The third-order valence-corrected chi connectivity index (χ3v) is 2.70. The van der Waals surface area contributed by atoms with E-state index in [1.54, 1.807) is 0 Å². The Hall–Kier alpha value is -0.580. The number of hydrogen-bond acceptors (Lipinski definition) is 3. The van der Waals surface area contributed by atoms with E-state index in [4.69, 9.17) is 10.9 Å². The van der Waals surface area contributed by atoms with E-state index in [0.717, 1.165) is 25.3 Å². The molecule has 0 radical (unpaired) electrons. The largest absolute Gasteiger partial charge is 0.408 e. The number of oxime groups is 1. The highest BCUT2D eigenvalue weighted by molar-refractivity contribution is 7.99. The van der Waals surface area contributed by atoms with Gasteiger partial charge >= 0.3 is 0 Å². The van der Waals surface area contributed by atoms with Crippen LogP contribution in [0.5, 0.6) is 0 Å². The smallest absolute Gasteiger partial charge is 0.233 e. The van der Waals surface area contributed by atoms with Gasteiger partial charge in [0.05, 0.1) is 0 Å². The van der Waals surface area contributed by atoms with E-state index in [-0.39, 0.29) is 5.96 Å². The third kappa shape index (κ3) is 2.49. The van der Waals surface area contributed by atoms with Gasteiger partial charge in [-0.15, -0.1) is 0 Å². The Balaban J connectivity index is 2.42. The summed E-state index contributed by atoms with van der Waals surface area (Å²) in [5, 5.41) is 11.4. The molecule has 0 saturated carbocycles. The number of nitrogens with zero attached hydrogens (tertiary/aromatic N) is 2. The van der Waals surface area contributed by atoms with E-state index in [1.165, 1.54) is 5.75 Å². The molecule has 0 unspecified atom stereocenters. The van der Waals surface area contributed by atoms with Crippen molar-refractivity contribution >= 4 is 17.7 Å². The molecule has 1 saturated heterocycles. The molecule has 0 aromatic heterocycles. The molecule has 1 heterocycles. The Morgan fingerprint density at radius 2 is 2.27 bits per heavy atom. The van der Waals surface area contributed by atoms with E-state index in [0.29, 0.717) is 0 Å². The fourth-order valence-corrected chi connectivity index (χ4v) is 1.93. The maximum absolute atomic E-state index is 8.39. The number of hydrogen-bond donors (Lipinski definition) is 2. The molecule has 0 amide bonds. The molecule has 0 aromatic carbocycles. The summed E-state index contributed by atoms with van der Waals surface area (Å²) in [6.45, 7) is 1.80. The van der Waals surface area contributed by atoms with Crippen molar-refractivity contribution in [2.24, 2.45) is 10.9 Å². The molecule has 0 bridgehead atoms. The first-order valence-corrected chi connectivity index (χ1v) is 4.80. The first-order chi connectivity index (χ1) is 5.34. The number of nitrogens with two attached hydrogens (primary N) is 1. The first-order valence-electron chi connectivity index (χ1n) is 3.65. The molecule has 0 spiro atoms. The highest BCUT2D eigenvalue weighted by Gasteiger charge is 2.10. The summed E-state index contributed by atoms with van der Waals surface area (Å²) < 4.78 is 0. The molecular formula is C6H13N3OS. The second kappa shape index (κ2) is 4.33. The number of guanidine groups is 1. The molecule has 3 N–H and O–H groups in total. The molecule has 11 heavy (non-hydrogen) atoms. The number of rotatable bonds is 0. The summed E-state index contributed by atoms with van der Waals surface area (Å²) >= 11 is 1.91. The van der Waals surface area contributed by atoms with Gasteiger partial charge < -0.3 is 15.8 Å². The monoisotopic (exact) mass is 175 g/mol. The highest BCUT2D eigenvalue weighted by Crippen LogP contribution is 2.09. The minimum atomic E-state index is 0.243. The van der Waals surface area contributed by atoms with Crippen molar-refractivity contribution in [3.8, 4) is 0 Å². The van der Waals surface area contributed by atoms with Gasteiger partial charge in [-0.25, -0.2) is 0 Å². The van der Waals surface area contributed by atoms with Crippen LogP contribution in [0.15, 0.2) is 5.16 Å². The van der Waals surface area contributed by atoms with E-state index in [9.17, 15) is 0 Å². The van der Waals surface area contributed by atoms with Gasteiger partial charge in [0, 0.05) is 18.8 Å². The Kier molecular flexibility index (Phi) is 3.35. The van der Waals surface area contributed by atoms with Gasteiger partial charge in [-0.3, -0.25) is 0 Å². The molecule has 1 aliphatic rings. The summed E-state index contributed by atoms with van der Waals surface area (Å²) in [6, 6.07) is 0. The molecule has 0 atom stereocenters. The van der Waals surface area contributed by atoms with Crippen LogP contribution in [0.1, 0.15) is 6.42 Å². The van der Waals surface area contributed by atoms with Crippen LogP contribution in [0.2, 0.25) is 0 Å². The lowest BCUT2D eigenvalue weighted by Gasteiger charge is -2.18. The van der Waals surface area contributed by atoms with Crippen LogP contribution in [-0.2, 0) is 0 Å². The Morgan fingerprint density at radius 3 is 3.00 bits per heavy atom. The lowest BCUT2D eigenvalue weighted by Crippen LogP contribution is -2.38. The molecule has 5 heteroatoms. The van der Waals surface area contributed by atoms with Crippen molar-refractivity contribution in [1.82, 2.24) is 4.90 Å². The zero-order chi connectivity index (χ0) is 8.10. The van der Waals surface area contributed by atoms with Gasteiger partial charge in [0.2, 0.25) is 5.96 Å². The molecule has 4 nitrogen and oxygen atoms in total. The lowest BCUT2D eigenvalue weighted by atomic mass is 10.4. The van der Waals surface area contributed by atoms with Gasteiger partial charge in [0.25, 0.3) is 0 Å². The summed E-state index contributed by atoms with van der Waals surface area (Å²) in [6.07, 6.45) is 1.11. The Labute approximate surface area is 70.4 Å². The van der Waals surface area contributed by atoms with Crippen LogP contribution in [0.25, 0.3) is 0 Å². The SMILES string of the molecule is N/C(=N\O)N1CCCSCC1. The average molecular weight is 175 g/mol. The maximum atomic E-state index is 8.39. The van der Waals surface area contributed by atoms with Gasteiger partial charge in [-0.05, 0) is 12.2 Å². The zero-order valence-corrected chi connectivity index (χ0v) is 7.18. The normalized spacial score (nSPS) is 21.5. The quantitative estimate of drug-likeness (QED) is 0.238. The fraction of sp³-hybridized carbons (Fsp3) is 0.833. The zero-order valence-electron chi connectivity index (χ0n) is 6.36. The molecule has 1 fully saturated rings. The summed E-state index contributed by atoms with van der Waals surface area (Å²) in [4.78, 5) is 1.90. The van der Waals surface area contributed by atoms with Crippen LogP contribution >= 0.6 is 11.8 Å². The summed E-state index contributed by atoms with van der Waals surface area (Å²) in [7, 11) is 0. The van der Waals surface area contributed by atoms with Crippen LogP contribution in [0.3, 0.4) is 0 Å². The number of thioether (sulfide) groups is 1. The molecular weight excluding hydrogens is 162 g/mol.